The molecule has 0 N–H and O–H groups in total. The predicted octanol–water partition coefficient (Wildman–Crippen LogP) is 2.19. The van der Waals surface area contributed by atoms with Gasteiger partial charge >= 0.3 is 0 Å². The normalized spacial score (nSPS) is 20.8. The second kappa shape index (κ2) is 3.52. The monoisotopic (exact) mass is 175 g/mol. The summed E-state index contributed by atoms with van der Waals surface area (Å²) in [6, 6.07) is 0. The maximum absolute atomic E-state index is 5.57. The summed E-state index contributed by atoms with van der Waals surface area (Å²) < 4.78 is 5.57. The van der Waals surface area contributed by atoms with Gasteiger partial charge < -0.3 is 9.64 Å². The number of hydrogen-bond donors (Lipinski definition) is 0. The molecule has 0 amide bonds. The molecule has 0 aromatic carbocycles. The van der Waals surface area contributed by atoms with Crippen LogP contribution in [0.25, 0.3) is 0 Å². The van der Waals surface area contributed by atoms with Crippen molar-refractivity contribution in [3.63, 3.8) is 0 Å². The van der Waals surface area contributed by atoms with Crippen molar-refractivity contribution >= 4 is 0 Å². The highest BCUT2D eigenvalue weighted by atomic mass is 16.5. The first-order valence-corrected chi connectivity index (χ1v) is 4.46. The Kier molecular flexibility index (Phi) is 2.21. The molecule has 2 rings (SSSR count). The zero-order valence-corrected chi connectivity index (χ0v) is 7.57. The predicted molar refractivity (Wildman–Crippen MR) is 52.8 cm³/mol. The second-order valence-electron chi connectivity index (χ2n) is 3.13. The molecule has 1 aliphatic carbocycles. The van der Waals surface area contributed by atoms with E-state index >= 15 is 0 Å². The van der Waals surface area contributed by atoms with Crippen LogP contribution in [0.2, 0.25) is 0 Å². The fourth-order valence-electron chi connectivity index (χ4n) is 1.47. The van der Waals surface area contributed by atoms with E-state index in [2.05, 4.69) is 30.9 Å². The molecule has 13 heavy (non-hydrogen) atoms. The fourth-order valence-corrected chi connectivity index (χ4v) is 1.47. The lowest BCUT2D eigenvalue weighted by Crippen LogP contribution is -2.29. The molecule has 68 valence electrons. The van der Waals surface area contributed by atoms with Gasteiger partial charge in [0.1, 0.15) is 5.76 Å². The summed E-state index contributed by atoms with van der Waals surface area (Å²) in [5, 5.41) is 0. The van der Waals surface area contributed by atoms with Crippen LogP contribution in [0, 0.1) is 0 Å². The minimum Gasteiger partial charge on any atom is -0.473 e. The third kappa shape index (κ3) is 1.66. The molecule has 0 spiro atoms. The van der Waals surface area contributed by atoms with Crippen molar-refractivity contribution < 1.29 is 4.74 Å². The van der Waals surface area contributed by atoms with Crippen LogP contribution in [-0.4, -0.2) is 18.2 Å². The number of ether oxygens (including phenoxy) is 1. The molecule has 1 saturated heterocycles. The lowest BCUT2D eigenvalue weighted by Gasteiger charge is -2.29. The molecule has 0 saturated carbocycles. The van der Waals surface area contributed by atoms with Crippen molar-refractivity contribution in [2.75, 3.05) is 13.3 Å². The van der Waals surface area contributed by atoms with Crippen LogP contribution in [0.4, 0.5) is 0 Å². The Morgan fingerprint density at radius 3 is 3.31 bits per heavy atom. The van der Waals surface area contributed by atoms with Crippen molar-refractivity contribution in [3.05, 3.63) is 48.4 Å². The molecule has 1 heterocycles. The van der Waals surface area contributed by atoms with Gasteiger partial charge in [-0.05, 0) is 18.7 Å². The molecule has 2 nitrogen and oxygen atoms in total. The lowest BCUT2D eigenvalue weighted by molar-refractivity contribution is 0.0904. The van der Waals surface area contributed by atoms with E-state index in [1.165, 1.54) is 5.57 Å². The fraction of sp³-hybridized carbons (Fsp3) is 0.273. The number of nitrogens with zero attached hydrogens (tertiary/aromatic N) is 1. The standard InChI is InChI=1S/C11H13NO/c1-2-12-8-10-6-4-3-5-7-11(10)13-9-12/h2-4,6-7H,1,5,8-9H2. The molecular weight excluding hydrogens is 162 g/mol. The van der Waals surface area contributed by atoms with Crippen LogP contribution in [-0.2, 0) is 4.74 Å². The summed E-state index contributed by atoms with van der Waals surface area (Å²) in [5.74, 6) is 1.03. The summed E-state index contributed by atoms with van der Waals surface area (Å²) in [6.07, 6.45) is 11.2. The molecule has 2 heteroatoms. The summed E-state index contributed by atoms with van der Waals surface area (Å²) in [6.45, 7) is 5.25. The highest BCUT2D eigenvalue weighted by molar-refractivity contribution is 5.35. The lowest BCUT2D eigenvalue weighted by atomic mass is 10.1. The van der Waals surface area contributed by atoms with Gasteiger partial charge in [0.2, 0.25) is 0 Å². The van der Waals surface area contributed by atoms with Crippen molar-refractivity contribution in [1.29, 1.82) is 0 Å². The van der Waals surface area contributed by atoms with Gasteiger partial charge in [0, 0.05) is 12.1 Å². The van der Waals surface area contributed by atoms with Crippen molar-refractivity contribution in [2.45, 2.75) is 6.42 Å². The molecule has 1 aliphatic heterocycles. The maximum atomic E-state index is 5.57. The van der Waals surface area contributed by atoms with Gasteiger partial charge in [-0.15, -0.1) is 0 Å². The number of fused-ring (bicyclic) bond motifs is 1. The van der Waals surface area contributed by atoms with E-state index in [1.807, 2.05) is 11.1 Å². The SMILES string of the molecule is C=CN1COC2=CCC=CC=C2C1. The van der Waals surface area contributed by atoms with Crippen molar-refractivity contribution in [1.82, 2.24) is 4.90 Å². The Morgan fingerprint density at radius 1 is 1.54 bits per heavy atom. The number of rotatable bonds is 1. The smallest absolute Gasteiger partial charge is 0.161 e. The van der Waals surface area contributed by atoms with Crippen LogP contribution < -0.4 is 0 Å². The van der Waals surface area contributed by atoms with Crippen LogP contribution in [0.3, 0.4) is 0 Å². The van der Waals surface area contributed by atoms with Gasteiger partial charge in [-0.1, -0.05) is 24.8 Å². The maximum Gasteiger partial charge on any atom is 0.161 e. The largest absolute Gasteiger partial charge is 0.473 e. The molecule has 0 aromatic heterocycles. The zero-order valence-electron chi connectivity index (χ0n) is 7.57. The number of hydrogen-bond acceptors (Lipinski definition) is 2. The molecule has 0 atom stereocenters. The summed E-state index contributed by atoms with van der Waals surface area (Å²) in [5.41, 5.74) is 1.24. The molecule has 0 bridgehead atoms. The first-order chi connectivity index (χ1) is 6.40. The van der Waals surface area contributed by atoms with E-state index in [4.69, 9.17) is 4.74 Å². The highest BCUT2D eigenvalue weighted by Gasteiger charge is 2.16. The second-order valence-corrected chi connectivity index (χ2v) is 3.13. The van der Waals surface area contributed by atoms with Gasteiger partial charge in [0.05, 0.1) is 0 Å². The Morgan fingerprint density at radius 2 is 2.46 bits per heavy atom. The van der Waals surface area contributed by atoms with Gasteiger partial charge in [-0.2, -0.15) is 0 Å². The van der Waals surface area contributed by atoms with Crippen LogP contribution in [0.15, 0.2) is 48.4 Å². The Labute approximate surface area is 78.5 Å². The van der Waals surface area contributed by atoms with E-state index in [0.29, 0.717) is 6.73 Å². The van der Waals surface area contributed by atoms with Crippen molar-refractivity contribution in [2.24, 2.45) is 0 Å². The molecule has 1 fully saturated rings. The van der Waals surface area contributed by atoms with Gasteiger partial charge in [-0.3, -0.25) is 0 Å². The minimum atomic E-state index is 0.618. The van der Waals surface area contributed by atoms with Gasteiger partial charge in [0.25, 0.3) is 0 Å². The minimum absolute atomic E-state index is 0.618. The summed E-state index contributed by atoms with van der Waals surface area (Å²) in [7, 11) is 0. The highest BCUT2D eigenvalue weighted by Crippen LogP contribution is 2.22. The average Bonchev–Trinajstić information content (AvgIpc) is 2.41. The zero-order chi connectivity index (χ0) is 9.10. The van der Waals surface area contributed by atoms with E-state index in [0.717, 1.165) is 18.7 Å². The quantitative estimate of drug-likeness (QED) is 0.605. The first kappa shape index (κ1) is 8.17. The summed E-state index contributed by atoms with van der Waals surface area (Å²) in [4.78, 5) is 2.04. The molecule has 0 radical (unpaired) electrons. The van der Waals surface area contributed by atoms with Gasteiger partial charge in [0.15, 0.2) is 6.73 Å². The van der Waals surface area contributed by atoms with E-state index in [-0.39, 0.29) is 0 Å². The first-order valence-electron chi connectivity index (χ1n) is 4.46. The van der Waals surface area contributed by atoms with Gasteiger partial charge in [-0.25, -0.2) is 0 Å². The Bertz CT molecular complexity index is 299. The van der Waals surface area contributed by atoms with Crippen LogP contribution in [0.5, 0.6) is 0 Å². The van der Waals surface area contributed by atoms with Crippen molar-refractivity contribution in [3.8, 4) is 0 Å². The van der Waals surface area contributed by atoms with Crippen LogP contribution >= 0.6 is 0 Å². The van der Waals surface area contributed by atoms with E-state index in [9.17, 15) is 0 Å². The molecule has 2 aliphatic rings. The average molecular weight is 175 g/mol. The third-order valence-electron chi connectivity index (χ3n) is 2.21. The molecule has 0 aromatic rings. The Hall–Kier alpha value is -1.44. The molecule has 0 unspecified atom stereocenters. The molecular formula is C11H13NO. The summed E-state index contributed by atoms with van der Waals surface area (Å²) >= 11 is 0. The van der Waals surface area contributed by atoms with E-state index < -0.39 is 0 Å². The topological polar surface area (TPSA) is 12.5 Å². The Balaban J connectivity index is 2.20. The van der Waals surface area contributed by atoms with Crippen LogP contribution in [0.1, 0.15) is 6.42 Å². The van der Waals surface area contributed by atoms with E-state index in [1.54, 1.807) is 0 Å². The number of allylic oxidation sites excluding steroid dienone is 4. The third-order valence-corrected chi connectivity index (χ3v) is 2.21.